The van der Waals surface area contributed by atoms with Crippen LogP contribution in [0.3, 0.4) is 0 Å². The molecule has 0 bridgehead atoms. The standard InChI is InChI=1S/C13H22N2/c1-12(2,8-14)9-15-10-13(11-15)6-4-3-5-7-13/h3-7,9-11H2,1-2H3. The van der Waals surface area contributed by atoms with E-state index in [1.165, 1.54) is 45.2 Å². The molecule has 0 aromatic heterocycles. The second-order valence-electron chi connectivity index (χ2n) is 6.20. The van der Waals surface area contributed by atoms with Crippen molar-refractivity contribution in [1.29, 1.82) is 5.26 Å². The van der Waals surface area contributed by atoms with Crippen LogP contribution in [0.4, 0.5) is 0 Å². The summed E-state index contributed by atoms with van der Waals surface area (Å²) in [6, 6.07) is 2.39. The van der Waals surface area contributed by atoms with Gasteiger partial charge in [-0.2, -0.15) is 5.26 Å². The van der Waals surface area contributed by atoms with Crippen LogP contribution in [-0.2, 0) is 0 Å². The molecule has 2 fully saturated rings. The molecule has 1 aliphatic carbocycles. The Morgan fingerprint density at radius 2 is 1.80 bits per heavy atom. The molecule has 0 atom stereocenters. The molecule has 1 aliphatic heterocycles. The van der Waals surface area contributed by atoms with Gasteiger partial charge < -0.3 is 4.90 Å². The Hall–Kier alpha value is -0.550. The quantitative estimate of drug-likeness (QED) is 0.694. The zero-order chi connectivity index (χ0) is 10.9. The van der Waals surface area contributed by atoms with Crippen molar-refractivity contribution in [3.63, 3.8) is 0 Å². The first-order valence-electron chi connectivity index (χ1n) is 6.19. The predicted octanol–water partition coefficient (Wildman–Crippen LogP) is 2.80. The molecule has 1 saturated carbocycles. The highest BCUT2D eigenvalue weighted by Gasteiger charge is 2.44. The summed E-state index contributed by atoms with van der Waals surface area (Å²) in [5.41, 5.74) is 0.486. The average Bonchev–Trinajstić information content (AvgIpc) is 2.17. The number of hydrogen-bond acceptors (Lipinski definition) is 2. The lowest BCUT2D eigenvalue weighted by atomic mass is 9.68. The summed E-state index contributed by atoms with van der Waals surface area (Å²) in [5.74, 6) is 0. The Morgan fingerprint density at radius 3 is 2.33 bits per heavy atom. The predicted molar refractivity (Wildman–Crippen MR) is 61.4 cm³/mol. The molecule has 0 radical (unpaired) electrons. The van der Waals surface area contributed by atoms with Crippen LogP contribution in [0, 0.1) is 22.2 Å². The molecule has 84 valence electrons. The van der Waals surface area contributed by atoms with Crippen molar-refractivity contribution in [2.75, 3.05) is 19.6 Å². The topological polar surface area (TPSA) is 27.0 Å². The van der Waals surface area contributed by atoms with E-state index >= 15 is 0 Å². The highest BCUT2D eigenvalue weighted by molar-refractivity contribution is 5.01. The zero-order valence-electron chi connectivity index (χ0n) is 10.1. The number of rotatable bonds is 2. The van der Waals surface area contributed by atoms with Gasteiger partial charge in [-0.05, 0) is 32.1 Å². The normalized spacial score (nSPS) is 25.9. The SMILES string of the molecule is CC(C)(C#N)CN1CC2(CCCCC2)C1. The molecule has 0 aromatic carbocycles. The van der Waals surface area contributed by atoms with Crippen LogP contribution in [-0.4, -0.2) is 24.5 Å². The minimum Gasteiger partial charge on any atom is -0.301 e. The Kier molecular flexibility index (Phi) is 2.77. The Bertz CT molecular complexity index is 261. The van der Waals surface area contributed by atoms with E-state index in [0.717, 1.165) is 6.54 Å². The van der Waals surface area contributed by atoms with Gasteiger partial charge in [0, 0.05) is 19.6 Å². The molecule has 0 amide bonds. The first-order valence-corrected chi connectivity index (χ1v) is 6.19. The number of likely N-dealkylation sites (tertiary alicyclic amines) is 1. The van der Waals surface area contributed by atoms with Crippen molar-refractivity contribution in [2.45, 2.75) is 46.0 Å². The molecule has 1 saturated heterocycles. The van der Waals surface area contributed by atoms with Crippen LogP contribution in [0.2, 0.25) is 0 Å². The smallest absolute Gasteiger partial charge is 0.0697 e. The first-order chi connectivity index (χ1) is 7.05. The van der Waals surface area contributed by atoms with Crippen LogP contribution < -0.4 is 0 Å². The molecule has 0 aromatic rings. The molecule has 2 aliphatic rings. The molecular weight excluding hydrogens is 184 g/mol. The second-order valence-corrected chi connectivity index (χ2v) is 6.20. The fourth-order valence-electron chi connectivity index (χ4n) is 3.23. The monoisotopic (exact) mass is 206 g/mol. The molecular formula is C13H22N2. The van der Waals surface area contributed by atoms with Crippen molar-refractivity contribution in [3.8, 4) is 6.07 Å². The van der Waals surface area contributed by atoms with Gasteiger partial charge in [0.05, 0.1) is 11.5 Å². The van der Waals surface area contributed by atoms with Gasteiger partial charge in [0.15, 0.2) is 0 Å². The lowest BCUT2D eigenvalue weighted by molar-refractivity contribution is -0.0399. The van der Waals surface area contributed by atoms with Crippen molar-refractivity contribution in [2.24, 2.45) is 10.8 Å². The minimum atomic E-state index is -0.170. The summed E-state index contributed by atoms with van der Waals surface area (Å²) >= 11 is 0. The van der Waals surface area contributed by atoms with Gasteiger partial charge in [0.1, 0.15) is 0 Å². The number of nitriles is 1. The first kappa shape index (κ1) is 11.0. The Morgan fingerprint density at radius 1 is 1.20 bits per heavy atom. The van der Waals surface area contributed by atoms with Crippen LogP contribution in [0.1, 0.15) is 46.0 Å². The number of hydrogen-bond donors (Lipinski definition) is 0. The van der Waals surface area contributed by atoms with E-state index in [9.17, 15) is 0 Å². The molecule has 2 rings (SSSR count). The van der Waals surface area contributed by atoms with Gasteiger partial charge in [0.2, 0.25) is 0 Å². The van der Waals surface area contributed by atoms with Gasteiger partial charge in [-0.1, -0.05) is 19.3 Å². The molecule has 0 N–H and O–H groups in total. The fourth-order valence-corrected chi connectivity index (χ4v) is 3.23. The van der Waals surface area contributed by atoms with Crippen LogP contribution in [0.5, 0.6) is 0 Å². The minimum absolute atomic E-state index is 0.170. The average molecular weight is 206 g/mol. The maximum absolute atomic E-state index is 8.99. The summed E-state index contributed by atoms with van der Waals surface area (Å²) in [5, 5.41) is 8.99. The van der Waals surface area contributed by atoms with Crippen LogP contribution in [0.15, 0.2) is 0 Å². The van der Waals surface area contributed by atoms with E-state index in [1.807, 2.05) is 13.8 Å². The third-order valence-electron chi connectivity index (χ3n) is 3.95. The second kappa shape index (κ2) is 3.79. The van der Waals surface area contributed by atoms with Gasteiger partial charge in [-0.15, -0.1) is 0 Å². The van der Waals surface area contributed by atoms with E-state index in [-0.39, 0.29) is 5.41 Å². The summed E-state index contributed by atoms with van der Waals surface area (Å²) < 4.78 is 0. The van der Waals surface area contributed by atoms with Gasteiger partial charge in [0.25, 0.3) is 0 Å². The van der Waals surface area contributed by atoms with Crippen molar-refractivity contribution < 1.29 is 0 Å². The highest BCUT2D eigenvalue weighted by Crippen LogP contribution is 2.44. The Balaban J connectivity index is 1.80. The number of nitrogens with zero attached hydrogens (tertiary/aromatic N) is 2. The summed E-state index contributed by atoms with van der Waals surface area (Å²) in [4.78, 5) is 2.47. The van der Waals surface area contributed by atoms with Crippen LogP contribution >= 0.6 is 0 Å². The third kappa shape index (κ3) is 2.34. The van der Waals surface area contributed by atoms with Crippen molar-refractivity contribution in [1.82, 2.24) is 4.90 Å². The van der Waals surface area contributed by atoms with Gasteiger partial charge in [-0.25, -0.2) is 0 Å². The van der Waals surface area contributed by atoms with E-state index in [1.54, 1.807) is 0 Å². The van der Waals surface area contributed by atoms with Gasteiger partial charge in [-0.3, -0.25) is 0 Å². The Labute approximate surface area is 93.3 Å². The maximum atomic E-state index is 8.99. The molecule has 15 heavy (non-hydrogen) atoms. The summed E-state index contributed by atoms with van der Waals surface area (Å²) in [7, 11) is 0. The third-order valence-corrected chi connectivity index (χ3v) is 3.95. The van der Waals surface area contributed by atoms with Gasteiger partial charge >= 0.3 is 0 Å². The lowest BCUT2D eigenvalue weighted by Crippen LogP contribution is -2.58. The largest absolute Gasteiger partial charge is 0.301 e. The molecule has 2 heteroatoms. The van der Waals surface area contributed by atoms with Crippen molar-refractivity contribution >= 4 is 0 Å². The molecule has 0 unspecified atom stereocenters. The van der Waals surface area contributed by atoms with E-state index in [4.69, 9.17) is 5.26 Å². The lowest BCUT2D eigenvalue weighted by Gasteiger charge is -2.53. The molecule has 1 heterocycles. The maximum Gasteiger partial charge on any atom is 0.0697 e. The summed E-state index contributed by atoms with van der Waals surface area (Å²) in [6.45, 7) is 7.53. The van der Waals surface area contributed by atoms with Crippen LogP contribution in [0.25, 0.3) is 0 Å². The van der Waals surface area contributed by atoms with E-state index in [2.05, 4.69) is 11.0 Å². The fraction of sp³-hybridized carbons (Fsp3) is 0.923. The van der Waals surface area contributed by atoms with E-state index in [0.29, 0.717) is 5.41 Å². The van der Waals surface area contributed by atoms with E-state index < -0.39 is 0 Å². The summed E-state index contributed by atoms with van der Waals surface area (Å²) in [6.07, 6.45) is 7.14. The molecule has 1 spiro atoms. The zero-order valence-corrected chi connectivity index (χ0v) is 10.1. The highest BCUT2D eigenvalue weighted by atomic mass is 15.2. The molecule has 2 nitrogen and oxygen atoms in total. The van der Waals surface area contributed by atoms with Crippen molar-refractivity contribution in [3.05, 3.63) is 0 Å².